The number of rotatable bonds is 4. The highest BCUT2D eigenvalue weighted by Crippen LogP contribution is 2.26. The van der Waals surface area contributed by atoms with E-state index in [-0.39, 0.29) is 6.04 Å². The first-order valence-corrected chi connectivity index (χ1v) is 4.59. The van der Waals surface area contributed by atoms with Crippen molar-refractivity contribution < 1.29 is 23.1 Å². The van der Waals surface area contributed by atoms with E-state index < -0.39 is 24.6 Å². The van der Waals surface area contributed by atoms with Crippen LogP contribution in [0.3, 0.4) is 0 Å². The first-order valence-electron chi connectivity index (χ1n) is 4.59. The third kappa shape index (κ3) is 3.54. The number of carboxylic acids is 1. The standard InChI is InChI=1S/C9H12F3NO2/c10-9(11,12)7(8(14)15)5-13-6-3-1-2-4-6/h1-2,6-7,13H,3-5H2,(H,14,15). The summed E-state index contributed by atoms with van der Waals surface area (Å²) in [7, 11) is 0. The Balaban J connectivity index is 2.42. The van der Waals surface area contributed by atoms with Crippen molar-refractivity contribution in [3.63, 3.8) is 0 Å². The Hall–Kier alpha value is -1.04. The van der Waals surface area contributed by atoms with Gasteiger partial charge in [0.25, 0.3) is 0 Å². The van der Waals surface area contributed by atoms with Crippen LogP contribution in [0.5, 0.6) is 0 Å². The first kappa shape index (κ1) is 12.0. The number of hydrogen-bond acceptors (Lipinski definition) is 2. The number of nitrogens with one attached hydrogen (secondary N) is 1. The van der Waals surface area contributed by atoms with Crippen molar-refractivity contribution >= 4 is 5.97 Å². The maximum atomic E-state index is 12.2. The lowest BCUT2D eigenvalue weighted by Crippen LogP contribution is -2.42. The smallest absolute Gasteiger partial charge is 0.403 e. The Morgan fingerprint density at radius 2 is 2.00 bits per heavy atom. The lowest BCUT2D eigenvalue weighted by Gasteiger charge is -2.19. The fourth-order valence-corrected chi connectivity index (χ4v) is 1.41. The molecule has 1 aliphatic carbocycles. The zero-order chi connectivity index (χ0) is 11.5. The number of hydrogen-bond donors (Lipinski definition) is 2. The Morgan fingerprint density at radius 1 is 1.47 bits per heavy atom. The molecule has 15 heavy (non-hydrogen) atoms. The SMILES string of the molecule is O=C(O)C(CNC1CC=CC1)C(F)(F)F. The molecule has 1 aliphatic rings. The molecule has 86 valence electrons. The third-order valence-electron chi connectivity index (χ3n) is 2.31. The van der Waals surface area contributed by atoms with Crippen LogP contribution in [0.4, 0.5) is 13.2 Å². The van der Waals surface area contributed by atoms with Crippen LogP contribution in [0.2, 0.25) is 0 Å². The summed E-state index contributed by atoms with van der Waals surface area (Å²) in [4.78, 5) is 10.4. The molecule has 0 aromatic carbocycles. The van der Waals surface area contributed by atoms with Crippen molar-refractivity contribution in [2.24, 2.45) is 5.92 Å². The van der Waals surface area contributed by atoms with E-state index >= 15 is 0 Å². The lowest BCUT2D eigenvalue weighted by molar-refractivity contribution is -0.192. The van der Waals surface area contributed by atoms with Gasteiger partial charge in [0.1, 0.15) is 0 Å². The van der Waals surface area contributed by atoms with E-state index in [1.807, 2.05) is 12.2 Å². The maximum absolute atomic E-state index is 12.2. The number of aliphatic carboxylic acids is 1. The molecule has 0 aliphatic heterocycles. The molecule has 2 N–H and O–H groups in total. The molecule has 0 heterocycles. The summed E-state index contributed by atoms with van der Waals surface area (Å²) in [5.41, 5.74) is 0. The largest absolute Gasteiger partial charge is 0.481 e. The molecule has 0 radical (unpaired) electrons. The number of carbonyl (C=O) groups is 1. The lowest BCUT2D eigenvalue weighted by atomic mass is 10.1. The van der Waals surface area contributed by atoms with Crippen molar-refractivity contribution in [3.05, 3.63) is 12.2 Å². The topological polar surface area (TPSA) is 49.3 Å². The molecule has 1 atom stereocenters. The average Bonchev–Trinajstić information content (AvgIpc) is 2.53. The van der Waals surface area contributed by atoms with Crippen molar-refractivity contribution in [1.29, 1.82) is 0 Å². The molecule has 0 fully saturated rings. The monoisotopic (exact) mass is 223 g/mol. The van der Waals surface area contributed by atoms with Crippen molar-refractivity contribution in [1.82, 2.24) is 5.32 Å². The highest BCUT2D eigenvalue weighted by atomic mass is 19.4. The summed E-state index contributed by atoms with van der Waals surface area (Å²) >= 11 is 0. The van der Waals surface area contributed by atoms with E-state index in [0.717, 1.165) is 0 Å². The van der Waals surface area contributed by atoms with E-state index in [1.54, 1.807) is 0 Å². The molecule has 0 aromatic rings. The van der Waals surface area contributed by atoms with Gasteiger partial charge in [0.2, 0.25) is 0 Å². The molecule has 1 rings (SSSR count). The highest BCUT2D eigenvalue weighted by molar-refractivity contribution is 5.71. The molecular formula is C9H12F3NO2. The van der Waals surface area contributed by atoms with Crippen LogP contribution in [0.1, 0.15) is 12.8 Å². The normalized spacial score (nSPS) is 19.4. The van der Waals surface area contributed by atoms with E-state index in [0.29, 0.717) is 12.8 Å². The second-order valence-corrected chi connectivity index (χ2v) is 3.48. The van der Waals surface area contributed by atoms with Gasteiger partial charge in [-0.2, -0.15) is 13.2 Å². The minimum atomic E-state index is -4.69. The van der Waals surface area contributed by atoms with E-state index in [9.17, 15) is 18.0 Å². The predicted molar refractivity (Wildman–Crippen MR) is 47.3 cm³/mol. The Kier molecular flexibility index (Phi) is 3.73. The summed E-state index contributed by atoms with van der Waals surface area (Å²) in [5, 5.41) is 11.0. The van der Waals surface area contributed by atoms with Crippen LogP contribution in [0.25, 0.3) is 0 Å². The average molecular weight is 223 g/mol. The summed E-state index contributed by atoms with van der Waals surface area (Å²) < 4.78 is 36.6. The first-order chi connectivity index (χ1) is 6.91. The van der Waals surface area contributed by atoms with Crippen LogP contribution in [-0.2, 0) is 4.79 Å². The van der Waals surface area contributed by atoms with E-state index in [2.05, 4.69) is 5.32 Å². The summed E-state index contributed by atoms with van der Waals surface area (Å²) in [6, 6.07) is -0.0609. The van der Waals surface area contributed by atoms with Crippen LogP contribution in [-0.4, -0.2) is 29.8 Å². The Bertz CT molecular complexity index is 255. The van der Waals surface area contributed by atoms with Gasteiger partial charge in [0, 0.05) is 12.6 Å². The molecule has 0 saturated carbocycles. The molecular weight excluding hydrogens is 211 g/mol. The zero-order valence-corrected chi connectivity index (χ0v) is 7.92. The van der Waals surface area contributed by atoms with Gasteiger partial charge in [-0.15, -0.1) is 0 Å². The van der Waals surface area contributed by atoms with Crippen molar-refractivity contribution in [2.75, 3.05) is 6.54 Å². The fraction of sp³-hybridized carbons (Fsp3) is 0.667. The molecule has 0 bridgehead atoms. The van der Waals surface area contributed by atoms with Crippen molar-refractivity contribution in [3.8, 4) is 0 Å². The quantitative estimate of drug-likeness (QED) is 0.711. The second-order valence-electron chi connectivity index (χ2n) is 3.48. The van der Waals surface area contributed by atoms with Crippen molar-refractivity contribution in [2.45, 2.75) is 25.1 Å². The number of carboxylic acid groups (broad SMARTS) is 1. The molecule has 0 saturated heterocycles. The second kappa shape index (κ2) is 4.65. The van der Waals surface area contributed by atoms with Crippen LogP contribution in [0.15, 0.2) is 12.2 Å². The van der Waals surface area contributed by atoms with Gasteiger partial charge in [-0.05, 0) is 12.8 Å². The Labute approximate surface area is 85.0 Å². The Morgan fingerprint density at radius 3 is 2.40 bits per heavy atom. The van der Waals surface area contributed by atoms with Gasteiger partial charge < -0.3 is 10.4 Å². The number of alkyl halides is 3. The van der Waals surface area contributed by atoms with E-state index in [4.69, 9.17) is 5.11 Å². The minimum Gasteiger partial charge on any atom is -0.481 e. The van der Waals surface area contributed by atoms with Gasteiger partial charge >= 0.3 is 12.1 Å². The molecule has 3 nitrogen and oxygen atoms in total. The molecule has 0 amide bonds. The minimum absolute atomic E-state index is 0.0609. The van der Waals surface area contributed by atoms with Gasteiger partial charge in [-0.3, -0.25) is 4.79 Å². The van der Waals surface area contributed by atoms with Gasteiger partial charge in [-0.25, -0.2) is 0 Å². The van der Waals surface area contributed by atoms with Crippen LogP contribution >= 0.6 is 0 Å². The van der Waals surface area contributed by atoms with E-state index in [1.165, 1.54) is 0 Å². The molecule has 0 spiro atoms. The van der Waals surface area contributed by atoms with Gasteiger partial charge in [0.15, 0.2) is 5.92 Å². The van der Waals surface area contributed by atoms with Crippen LogP contribution in [0, 0.1) is 5.92 Å². The maximum Gasteiger partial charge on any atom is 0.403 e. The molecule has 6 heteroatoms. The van der Waals surface area contributed by atoms with Gasteiger partial charge in [-0.1, -0.05) is 12.2 Å². The summed E-state index contributed by atoms with van der Waals surface area (Å²) in [5.74, 6) is -4.15. The fourth-order valence-electron chi connectivity index (χ4n) is 1.41. The third-order valence-corrected chi connectivity index (χ3v) is 2.31. The highest BCUT2D eigenvalue weighted by Gasteiger charge is 2.44. The van der Waals surface area contributed by atoms with Gasteiger partial charge in [0.05, 0.1) is 0 Å². The van der Waals surface area contributed by atoms with Crippen LogP contribution < -0.4 is 5.32 Å². The summed E-state index contributed by atoms with van der Waals surface area (Å²) in [6.45, 7) is -0.564. The summed E-state index contributed by atoms with van der Waals surface area (Å²) in [6.07, 6.45) is 0.349. The predicted octanol–water partition coefficient (Wildman–Crippen LogP) is 1.56. The molecule has 0 aromatic heterocycles. The molecule has 1 unspecified atom stereocenters. The number of halogens is 3. The zero-order valence-electron chi connectivity index (χ0n) is 7.92.